The quantitative estimate of drug-likeness (QED) is 0.829. The molecule has 1 atom stereocenters. The summed E-state index contributed by atoms with van der Waals surface area (Å²) in [5.74, 6) is 0.950. The number of hydrogen-bond donors (Lipinski definition) is 1. The van der Waals surface area contributed by atoms with E-state index >= 15 is 0 Å². The zero-order chi connectivity index (χ0) is 14.8. The van der Waals surface area contributed by atoms with Crippen LogP contribution >= 0.6 is 0 Å². The molecular formula is C15H28N2O3. The summed E-state index contributed by atoms with van der Waals surface area (Å²) >= 11 is 0. The van der Waals surface area contributed by atoms with Gasteiger partial charge in [-0.3, -0.25) is 9.69 Å². The molecule has 1 N–H and O–H groups in total. The van der Waals surface area contributed by atoms with Gasteiger partial charge in [0.15, 0.2) is 0 Å². The standard InChI is InChI=1S/C15H28N2O3/c1-12-4-6-17(7-5-12)14(19)9-16-8-13(10-18)20-15(2,3)11-16/h12-13,18H,4-11H2,1-3H3. The molecule has 0 aliphatic carbocycles. The number of hydrogen-bond acceptors (Lipinski definition) is 4. The van der Waals surface area contributed by atoms with Crippen LogP contribution in [0.1, 0.15) is 33.6 Å². The maximum absolute atomic E-state index is 12.4. The van der Waals surface area contributed by atoms with Crippen molar-refractivity contribution in [2.24, 2.45) is 5.92 Å². The minimum atomic E-state index is -0.303. The predicted octanol–water partition coefficient (Wildman–Crippen LogP) is 0.717. The average Bonchev–Trinajstić information content (AvgIpc) is 2.37. The highest BCUT2D eigenvalue weighted by Gasteiger charge is 2.34. The van der Waals surface area contributed by atoms with Crippen LogP contribution in [-0.4, -0.2) is 71.8 Å². The number of carbonyl (C=O) groups excluding carboxylic acids is 1. The summed E-state index contributed by atoms with van der Waals surface area (Å²) < 4.78 is 5.78. The van der Waals surface area contributed by atoms with Crippen molar-refractivity contribution in [3.05, 3.63) is 0 Å². The predicted molar refractivity (Wildman–Crippen MR) is 77.5 cm³/mol. The van der Waals surface area contributed by atoms with E-state index in [1.807, 2.05) is 18.7 Å². The molecule has 2 saturated heterocycles. The molecule has 0 saturated carbocycles. The second-order valence-electron chi connectivity index (χ2n) is 6.92. The minimum Gasteiger partial charge on any atom is -0.394 e. The Morgan fingerprint density at radius 2 is 2.00 bits per heavy atom. The van der Waals surface area contributed by atoms with Gasteiger partial charge in [0.1, 0.15) is 0 Å². The summed E-state index contributed by atoms with van der Waals surface area (Å²) in [5.41, 5.74) is -0.303. The minimum absolute atomic E-state index is 0.00928. The van der Waals surface area contributed by atoms with Crippen molar-refractivity contribution in [1.29, 1.82) is 0 Å². The lowest BCUT2D eigenvalue weighted by Crippen LogP contribution is -2.56. The average molecular weight is 284 g/mol. The van der Waals surface area contributed by atoms with Crippen LogP contribution in [-0.2, 0) is 9.53 Å². The number of morpholine rings is 1. The van der Waals surface area contributed by atoms with Crippen molar-refractivity contribution in [1.82, 2.24) is 9.80 Å². The molecule has 0 aromatic rings. The maximum Gasteiger partial charge on any atom is 0.236 e. The molecule has 0 spiro atoms. The van der Waals surface area contributed by atoms with Crippen LogP contribution in [0.3, 0.4) is 0 Å². The van der Waals surface area contributed by atoms with Crippen molar-refractivity contribution >= 4 is 5.91 Å². The Bertz CT molecular complexity index is 338. The molecule has 0 radical (unpaired) electrons. The van der Waals surface area contributed by atoms with Gasteiger partial charge in [-0.1, -0.05) is 6.92 Å². The number of likely N-dealkylation sites (tertiary alicyclic amines) is 1. The Kier molecular flexibility index (Phi) is 5.04. The molecule has 20 heavy (non-hydrogen) atoms. The molecule has 1 amide bonds. The Labute approximate surface area is 121 Å². The Hall–Kier alpha value is -0.650. The molecule has 1 unspecified atom stereocenters. The highest BCUT2D eigenvalue weighted by molar-refractivity contribution is 5.78. The lowest BCUT2D eigenvalue weighted by Gasteiger charge is -2.42. The largest absolute Gasteiger partial charge is 0.394 e. The van der Waals surface area contributed by atoms with E-state index < -0.39 is 0 Å². The second-order valence-corrected chi connectivity index (χ2v) is 6.92. The summed E-state index contributed by atoms with van der Waals surface area (Å²) in [6.45, 7) is 9.86. The summed E-state index contributed by atoms with van der Waals surface area (Å²) in [6, 6.07) is 0. The zero-order valence-electron chi connectivity index (χ0n) is 13.0. The zero-order valence-corrected chi connectivity index (χ0v) is 13.0. The summed E-state index contributed by atoms with van der Waals surface area (Å²) in [4.78, 5) is 16.5. The van der Waals surface area contributed by atoms with Crippen LogP contribution in [0.15, 0.2) is 0 Å². The third kappa shape index (κ3) is 4.17. The van der Waals surface area contributed by atoms with Crippen molar-refractivity contribution in [2.45, 2.75) is 45.3 Å². The van der Waals surface area contributed by atoms with Crippen molar-refractivity contribution in [3.8, 4) is 0 Å². The highest BCUT2D eigenvalue weighted by atomic mass is 16.5. The van der Waals surface area contributed by atoms with E-state index in [4.69, 9.17) is 4.74 Å². The molecule has 2 rings (SSSR count). The van der Waals surface area contributed by atoms with E-state index in [-0.39, 0.29) is 24.2 Å². The van der Waals surface area contributed by atoms with E-state index in [1.165, 1.54) is 0 Å². The number of carbonyl (C=O) groups is 1. The summed E-state index contributed by atoms with van der Waals surface area (Å²) in [7, 11) is 0. The number of rotatable bonds is 3. The maximum atomic E-state index is 12.4. The molecule has 2 fully saturated rings. The smallest absolute Gasteiger partial charge is 0.236 e. The molecule has 116 valence electrons. The first-order chi connectivity index (χ1) is 9.39. The van der Waals surface area contributed by atoms with Crippen LogP contribution in [0.2, 0.25) is 0 Å². The first kappa shape index (κ1) is 15.7. The van der Waals surface area contributed by atoms with Crippen LogP contribution < -0.4 is 0 Å². The summed E-state index contributed by atoms with van der Waals surface area (Å²) in [6.07, 6.45) is 2.03. The van der Waals surface area contributed by atoms with E-state index in [0.717, 1.165) is 38.4 Å². The van der Waals surface area contributed by atoms with E-state index in [2.05, 4.69) is 11.8 Å². The van der Waals surface area contributed by atoms with E-state index in [1.54, 1.807) is 0 Å². The lowest BCUT2D eigenvalue weighted by molar-refractivity contribution is -0.157. The van der Waals surface area contributed by atoms with Gasteiger partial charge in [0, 0.05) is 26.2 Å². The van der Waals surface area contributed by atoms with Crippen LogP contribution in [0, 0.1) is 5.92 Å². The van der Waals surface area contributed by atoms with Crippen molar-refractivity contribution in [2.75, 3.05) is 39.3 Å². The number of ether oxygens (including phenoxy) is 1. The van der Waals surface area contributed by atoms with E-state index in [0.29, 0.717) is 13.1 Å². The number of piperidine rings is 1. The number of nitrogens with zero attached hydrogens (tertiary/aromatic N) is 2. The fraction of sp³-hybridized carbons (Fsp3) is 0.933. The van der Waals surface area contributed by atoms with Gasteiger partial charge in [-0.2, -0.15) is 0 Å². The van der Waals surface area contributed by atoms with Crippen LogP contribution in [0.4, 0.5) is 0 Å². The van der Waals surface area contributed by atoms with Gasteiger partial charge in [-0.15, -0.1) is 0 Å². The second kappa shape index (κ2) is 6.41. The number of aliphatic hydroxyl groups is 1. The Balaban J connectivity index is 1.87. The fourth-order valence-corrected chi connectivity index (χ4v) is 3.18. The van der Waals surface area contributed by atoms with Crippen molar-refractivity contribution < 1.29 is 14.6 Å². The van der Waals surface area contributed by atoms with Gasteiger partial charge < -0.3 is 14.7 Å². The first-order valence-electron chi connectivity index (χ1n) is 7.68. The molecule has 5 heteroatoms. The normalized spacial score (nSPS) is 28.6. The van der Waals surface area contributed by atoms with Gasteiger partial charge in [0.25, 0.3) is 0 Å². The third-order valence-corrected chi connectivity index (χ3v) is 4.25. The van der Waals surface area contributed by atoms with Gasteiger partial charge >= 0.3 is 0 Å². The van der Waals surface area contributed by atoms with Gasteiger partial charge in [0.05, 0.1) is 24.9 Å². The highest BCUT2D eigenvalue weighted by Crippen LogP contribution is 2.21. The van der Waals surface area contributed by atoms with Crippen LogP contribution in [0.5, 0.6) is 0 Å². The molecule has 2 aliphatic rings. The molecule has 2 heterocycles. The van der Waals surface area contributed by atoms with Crippen LogP contribution in [0.25, 0.3) is 0 Å². The Morgan fingerprint density at radius 3 is 2.60 bits per heavy atom. The third-order valence-electron chi connectivity index (χ3n) is 4.25. The molecule has 5 nitrogen and oxygen atoms in total. The molecule has 0 bridgehead atoms. The first-order valence-corrected chi connectivity index (χ1v) is 7.68. The van der Waals surface area contributed by atoms with Gasteiger partial charge in [0.2, 0.25) is 5.91 Å². The summed E-state index contributed by atoms with van der Waals surface area (Å²) in [5, 5.41) is 9.31. The molecule has 0 aromatic heterocycles. The van der Waals surface area contributed by atoms with E-state index in [9.17, 15) is 9.90 Å². The topological polar surface area (TPSA) is 53.0 Å². The molecular weight excluding hydrogens is 256 g/mol. The number of amides is 1. The van der Waals surface area contributed by atoms with Gasteiger partial charge in [-0.25, -0.2) is 0 Å². The fourth-order valence-electron chi connectivity index (χ4n) is 3.18. The number of aliphatic hydroxyl groups excluding tert-OH is 1. The van der Waals surface area contributed by atoms with Crippen molar-refractivity contribution in [3.63, 3.8) is 0 Å². The lowest BCUT2D eigenvalue weighted by atomic mass is 9.99. The molecule has 0 aromatic carbocycles. The molecule has 2 aliphatic heterocycles. The SMILES string of the molecule is CC1CCN(C(=O)CN2CC(CO)OC(C)(C)C2)CC1. The monoisotopic (exact) mass is 284 g/mol. The Morgan fingerprint density at radius 1 is 1.35 bits per heavy atom. The van der Waals surface area contributed by atoms with Gasteiger partial charge in [-0.05, 0) is 32.6 Å².